The number of carbonyl (C=O) groups excluding carboxylic acids is 1. The maximum Gasteiger partial charge on any atom is 0.166 e. The first-order valence-electron chi connectivity index (χ1n) is 6.11. The molecule has 0 unspecified atom stereocenters. The number of hydrogen-bond acceptors (Lipinski definition) is 2. The minimum atomic E-state index is -0.440. The highest BCUT2D eigenvalue weighted by molar-refractivity contribution is 7.98. The molecule has 0 amide bonds. The van der Waals surface area contributed by atoms with Gasteiger partial charge in [-0.25, -0.2) is 4.39 Å². The molecule has 2 aromatic rings. The number of hydrogen-bond donors (Lipinski definition) is 0. The molecule has 0 atom stereocenters. The molecule has 0 saturated heterocycles. The summed E-state index contributed by atoms with van der Waals surface area (Å²) in [4.78, 5) is 13.1. The van der Waals surface area contributed by atoms with Crippen LogP contribution >= 0.6 is 11.8 Å². The van der Waals surface area contributed by atoms with Gasteiger partial charge in [-0.1, -0.05) is 24.3 Å². The third-order valence-electron chi connectivity index (χ3n) is 2.97. The smallest absolute Gasteiger partial charge is 0.166 e. The van der Waals surface area contributed by atoms with Crippen LogP contribution in [0.15, 0.2) is 53.4 Å². The molecule has 0 heterocycles. The molecule has 0 aromatic heterocycles. The first kappa shape index (κ1) is 13.8. The fourth-order valence-electron chi connectivity index (χ4n) is 1.87. The Balaban J connectivity index is 1.98. The Morgan fingerprint density at radius 2 is 1.79 bits per heavy atom. The molecule has 2 aromatic carbocycles. The van der Waals surface area contributed by atoms with Crippen molar-refractivity contribution in [3.05, 3.63) is 65.5 Å². The Morgan fingerprint density at radius 1 is 1.11 bits per heavy atom. The van der Waals surface area contributed by atoms with Gasteiger partial charge in [0.15, 0.2) is 5.78 Å². The van der Waals surface area contributed by atoms with Gasteiger partial charge in [-0.3, -0.25) is 4.79 Å². The molecule has 0 aliphatic heterocycles. The molecule has 1 nitrogen and oxygen atoms in total. The molecule has 19 heavy (non-hydrogen) atoms. The van der Waals surface area contributed by atoms with Crippen LogP contribution in [0.3, 0.4) is 0 Å². The Morgan fingerprint density at radius 3 is 2.42 bits per heavy atom. The highest BCUT2D eigenvalue weighted by atomic mass is 32.2. The second-order valence-electron chi connectivity index (χ2n) is 4.25. The first-order valence-corrected chi connectivity index (χ1v) is 7.34. The maximum absolute atomic E-state index is 13.4. The zero-order chi connectivity index (χ0) is 13.7. The molecule has 0 fully saturated rings. The van der Waals surface area contributed by atoms with Gasteiger partial charge in [0.1, 0.15) is 5.82 Å². The topological polar surface area (TPSA) is 17.1 Å². The van der Waals surface area contributed by atoms with E-state index in [0.717, 1.165) is 5.56 Å². The second kappa shape index (κ2) is 6.53. The molecule has 0 aliphatic rings. The molecule has 2 rings (SSSR count). The van der Waals surface area contributed by atoms with Gasteiger partial charge in [0.25, 0.3) is 0 Å². The monoisotopic (exact) mass is 274 g/mol. The zero-order valence-electron chi connectivity index (χ0n) is 10.7. The largest absolute Gasteiger partial charge is 0.294 e. The Hall–Kier alpha value is -1.61. The Kier molecular flexibility index (Phi) is 4.74. The van der Waals surface area contributed by atoms with Gasteiger partial charge in [0, 0.05) is 11.3 Å². The van der Waals surface area contributed by atoms with Gasteiger partial charge in [-0.2, -0.15) is 0 Å². The van der Waals surface area contributed by atoms with Crippen molar-refractivity contribution in [3.63, 3.8) is 0 Å². The lowest BCUT2D eigenvalue weighted by Gasteiger charge is -2.04. The first-order chi connectivity index (χ1) is 9.20. The van der Waals surface area contributed by atoms with E-state index in [0.29, 0.717) is 12.8 Å². The molecule has 0 saturated carbocycles. The lowest BCUT2D eigenvalue weighted by Crippen LogP contribution is -2.03. The van der Waals surface area contributed by atoms with Crippen molar-refractivity contribution >= 4 is 17.5 Å². The molecule has 0 radical (unpaired) electrons. The van der Waals surface area contributed by atoms with Crippen LogP contribution in [0.4, 0.5) is 4.39 Å². The molecular weight excluding hydrogens is 259 g/mol. The average molecular weight is 274 g/mol. The summed E-state index contributed by atoms with van der Waals surface area (Å²) in [7, 11) is 0. The molecule has 98 valence electrons. The average Bonchev–Trinajstić information content (AvgIpc) is 2.46. The van der Waals surface area contributed by atoms with Crippen molar-refractivity contribution in [3.8, 4) is 0 Å². The molecule has 0 bridgehead atoms. The summed E-state index contributed by atoms with van der Waals surface area (Å²) in [5, 5.41) is 0. The Bertz CT molecular complexity index is 563. The SMILES string of the molecule is CSc1ccc(CCC(=O)c2ccccc2F)cc1. The van der Waals surface area contributed by atoms with E-state index in [1.165, 1.54) is 17.0 Å². The van der Waals surface area contributed by atoms with Crippen molar-refractivity contribution in [1.82, 2.24) is 0 Å². The van der Waals surface area contributed by atoms with E-state index in [1.54, 1.807) is 23.9 Å². The number of aryl methyl sites for hydroxylation is 1. The van der Waals surface area contributed by atoms with Crippen LogP contribution in [0.1, 0.15) is 22.3 Å². The van der Waals surface area contributed by atoms with Crippen LogP contribution in [0.2, 0.25) is 0 Å². The van der Waals surface area contributed by atoms with E-state index in [4.69, 9.17) is 0 Å². The fourth-order valence-corrected chi connectivity index (χ4v) is 2.28. The van der Waals surface area contributed by atoms with E-state index < -0.39 is 5.82 Å². The third kappa shape index (κ3) is 3.67. The van der Waals surface area contributed by atoms with Gasteiger partial charge >= 0.3 is 0 Å². The Labute approximate surface area is 116 Å². The van der Waals surface area contributed by atoms with E-state index in [2.05, 4.69) is 0 Å². The number of Topliss-reactive ketones (excluding diaryl/α,β-unsaturated/α-hetero) is 1. The van der Waals surface area contributed by atoms with Crippen molar-refractivity contribution in [1.29, 1.82) is 0 Å². The van der Waals surface area contributed by atoms with Crippen LogP contribution in [0, 0.1) is 5.82 Å². The standard InChI is InChI=1S/C16H15FOS/c1-19-13-9-6-12(7-10-13)8-11-16(18)14-4-2-3-5-15(14)17/h2-7,9-10H,8,11H2,1H3. The predicted octanol–water partition coefficient (Wildman–Crippen LogP) is 4.36. The summed E-state index contributed by atoms with van der Waals surface area (Å²) in [5.74, 6) is -0.586. The van der Waals surface area contributed by atoms with Crippen LogP contribution in [0.25, 0.3) is 0 Å². The van der Waals surface area contributed by atoms with Gasteiger partial charge in [0.05, 0.1) is 5.56 Å². The van der Waals surface area contributed by atoms with Crippen LogP contribution < -0.4 is 0 Å². The summed E-state index contributed by atoms with van der Waals surface area (Å²) in [6.45, 7) is 0. The van der Waals surface area contributed by atoms with Crippen molar-refractivity contribution in [2.45, 2.75) is 17.7 Å². The maximum atomic E-state index is 13.4. The predicted molar refractivity (Wildman–Crippen MR) is 77.3 cm³/mol. The third-order valence-corrected chi connectivity index (χ3v) is 3.72. The number of benzene rings is 2. The normalized spacial score (nSPS) is 10.4. The number of thioether (sulfide) groups is 1. The summed E-state index contributed by atoms with van der Waals surface area (Å²) in [6, 6.07) is 14.2. The van der Waals surface area contributed by atoms with Gasteiger partial charge in [0.2, 0.25) is 0 Å². The second-order valence-corrected chi connectivity index (χ2v) is 5.13. The van der Waals surface area contributed by atoms with Crippen LogP contribution in [-0.2, 0) is 6.42 Å². The summed E-state index contributed by atoms with van der Waals surface area (Å²) in [6.07, 6.45) is 3.00. The minimum Gasteiger partial charge on any atom is -0.294 e. The van der Waals surface area contributed by atoms with Crippen LogP contribution in [-0.4, -0.2) is 12.0 Å². The highest BCUT2D eigenvalue weighted by Crippen LogP contribution is 2.17. The van der Waals surface area contributed by atoms with Gasteiger partial charge in [-0.15, -0.1) is 11.8 Å². The van der Waals surface area contributed by atoms with Crippen LogP contribution in [0.5, 0.6) is 0 Å². The number of ketones is 1. The fraction of sp³-hybridized carbons (Fsp3) is 0.188. The van der Waals surface area contributed by atoms with Crippen molar-refractivity contribution < 1.29 is 9.18 Å². The molecular formula is C16H15FOS. The summed E-state index contributed by atoms with van der Waals surface area (Å²) < 4.78 is 13.4. The minimum absolute atomic E-state index is 0.146. The van der Waals surface area contributed by atoms with Gasteiger partial charge in [-0.05, 0) is 42.5 Å². The van der Waals surface area contributed by atoms with E-state index in [9.17, 15) is 9.18 Å². The quantitative estimate of drug-likeness (QED) is 0.595. The lowest BCUT2D eigenvalue weighted by molar-refractivity contribution is 0.0979. The molecule has 0 N–H and O–H groups in total. The summed E-state index contributed by atoms with van der Waals surface area (Å²) in [5.41, 5.74) is 1.28. The highest BCUT2D eigenvalue weighted by Gasteiger charge is 2.10. The summed E-state index contributed by atoms with van der Waals surface area (Å²) >= 11 is 1.68. The lowest BCUT2D eigenvalue weighted by atomic mass is 10.0. The zero-order valence-corrected chi connectivity index (χ0v) is 11.5. The van der Waals surface area contributed by atoms with E-state index >= 15 is 0 Å². The molecule has 0 spiro atoms. The van der Waals surface area contributed by atoms with E-state index in [-0.39, 0.29) is 11.3 Å². The number of rotatable bonds is 5. The van der Waals surface area contributed by atoms with Crippen molar-refractivity contribution in [2.24, 2.45) is 0 Å². The number of carbonyl (C=O) groups is 1. The molecule has 3 heteroatoms. The molecule has 0 aliphatic carbocycles. The van der Waals surface area contributed by atoms with Crippen molar-refractivity contribution in [2.75, 3.05) is 6.26 Å². The number of halogens is 1. The van der Waals surface area contributed by atoms with Gasteiger partial charge < -0.3 is 0 Å². The van der Waals surface area contributed by atoms with E-state index in [1.807, 2.05) is 30.5 Å².